The second-order valence-electron chi connectivity index (χ2n) is 5.28. The third kappa shape index (κ3) is 4.20. The molecule has 20 heavy (non-hydrogen) atoms. The van der Waals surface area contributed by atoms with Crippen LogP contribution in [0.25, 0.3) is 0 Å². The number of nitrogens with one attached hydrogen (secondary N) is 1. The first-order valence-corrected chi connectivity index (χ1v) is 7.11. The lowest BCUT2D eigenvalue weighted by Gasteiger charge is -2.24. The van der Waals surface area contributed by atoms with Crippen LogP contribution < -0.4 is 5.32 Å². The molecule has 0 spiro atoms. The Morgan fingerprint density at radius 2 is 2.40 bits per heavy atom. The monoisotopic (exact) mass is 276 g/mol. The van der Waals surface area contributed by atoms with Crippen LogP contribution in [-0.4, -0.2) is 49.7 Å². The van der Waals surface area contributed by atoms with Crippen molar-refractivity contribution < 1.29 is 4.74 Å². The van der Waals surface area contributed by atoms with E-state index in [1.165, 1.54) is 0 Å². The predicted octanol–water partition coefficient (Wildman–Crippen LogP) is 1.43. The molecule has 2 rings (SSSR count). The molecule has 0 amide bonds. The van der Waals surface area contributed by atoms with E-state index in [-0.39, 0.29) is 0 Å². The van der Waals surface area contributed by atoms with Crippen molar-refractivity contribution >= 4 is 5.96 Å². The average Bonchev–Trinajstić information content (AvgIpc) is 2.92. The summed E-state index contributed by atoms with van der Waals surface area (Å²) < 4.78 is 5.42. The molecule has 0 radical (unpaired) electrons. The van der Waals surface area contributed by atoms with E-state index >= 15 is 0 Å². The maximum Gasteiger partial charge on any atom is 0.193 e. The highest BCUT2D eigenvalue weighted by molar-refractivity contribution is 5.79. The van der Waals surface area contributed by atoms with Crippen LogP contribution >= 0.6 is 0 Å². The molecule has 0 aromatic carbocycles. The third-order valence-electron chi connectivity index (χ3n) is 3.50. The van der Waals surface area contributed by atoms with Gasteiger partial charge >= 0.3 is 0 Å². The Balaban J connectivity index is 1.85. The SMILES string of the molecule is CN=C(NCc1cccc(C)n1)N(C)CC1CCOC1. The minimum absolute atomic E-state index is 0.607. The van der Waals surface area contributed by atoms with Gasteiger partial charge in [0.2, 0.25) is 0 Å². The molecule has 1 aromatic heterocycles. The highest BCUT2D eigenvalue weighted by Gasteiger charge is 2.18. The summed E-state index contributed by atoms with van der Waals surface area (Å²) in [6.45, 7) is 5.42. The summed E-state index contributed by atoms with van der Waals surface area (Å²) in [6, 6.07) is 6.06. The van der Waals surface area contributed by atoms with E-state index < -0.39 is 0 Å². The average molecular weight is 276 g/mol. The van der Waals surface area contributed by atoms with Crippen LogP contribution in [0.5, 0.6) is 0 Å². The zero-order chi connectivity index (χ0) is 14.4. The molecule has 1 unspecified atom stereocenters. The lowest BCUT2D eigenvalue weighted by Crippen LogP contribution is -2.41. The first-order chi connectivity index (χ1) is 9.69. The molecule has 0 aliphatic carbocycles. The molecular weight excluding hydrogens is 252 g/mol. The van der Waals surface area contributed by atoms with Crippen LogP contribution in [0.2, 0.25) is 0 Å². The number of ether oxygens (including phenoxy) is 1. The molecular formula is C15H24N4O. The Morgan fingerprint density at radius 3 is 3.05 bits per heavy atom. The fourth-order valence-corrected chi connectivity index (χ4v) is 2.45. The second kappa shape index (κ2) is 7.24. The molecule has 0 saturated carbocycles. The third-order valence-corrected chi connectivity index (χ3v) is 3.50. The van der Waals surface area contributed by atoms with Gasteiger partial charge in [0, 0.05) is 38.9 Å². The molecule has 0 bridgehead atoms. The summed E-state index contributed by atoms with van der Waals surface area (Å²) in [6.07, 6.45) is 1.14. The van der Waals surface area contributed by atoms with Gasteiger partial charge in [0.25, 0.3) is 0 Å². The quantitative estimate of drug-likeness (QED) is 0.668. The molecule has 1 aromatic rings. The Morgan fingerprint density at radius 1 is 1.55 bits per heavy atom. The van der Waals surface area contributed by atoms with Gasteiger partial charge in [0.05, 0.1) is 18.8 Å². The van der Waals surface area contributed by atoms with Crippen molar-refractivity contribution in [2.24, 2.45) is 10.9 Å². The summed E-state index contributed by atoms with van der Waals surface area (Å²) in [5.74, 6) is 1.51. The van der Waals surface area contributed by atoms with Crippen molar-refractivity contribution in [3.63, 3.8) is 0 Å². The highest BCUT2D eigenvalue weighted by Crippen LogP contribution is 2.13. The van der Waals surface area contributed by atoms with Crippen LogP contribution in [-0.2, 0) is 11.3 Å². The zero-order valence-electron chi connectivity index (χ0n) is 12.6. The Bertz CT molecular complexity index is 455. The topological polar surface area (TPSA) is 49.8 Å². The molecule has 5 nitrogen and oxygen atoms in total. The van der Waals surface area contributed by atoms with Gasteiger partial charge in [-0.05, 0) is 25.5 Å². The minimum Gasteiger partial charge on any atom is -0.381 e. The van der Waals surface area contributed by atoms with Gasteiger partial charge in [-0.1, -0.05) is 6.07 Å². The summed E-state index contributed by atoms with van der Waals surface area (Å²) in [7, 11) is 3.88. The van der Waals surface area contributed by atoms with E-state index in [9.17, 15) is 0 Å². The normalized spacial score (nSPS) is 19.1. The van der Waals surface area contributed by atoms with E-state index in [2.05, 4.69) is 27.2 Å². The summed E-state index contributed by atoms with van der Waals surface area (Å²) in [5.41, 5.74) is 2.07. The van der Waals surface area contributed by atoms with E-state index in [0.29, 0.717) is 12.5 Å². The lowest BCUT2D eigenvalue weighted by atomic mass is 10.1. The van der Waals surface area contributed by atoms with Crippen LogP contribution in [0.15, 0.2) is 23.2 Å². The van der Waals surface area contributed by atoms with Gasteiger partial charge in [-0.25, -0.2) is 0 Å². The number of aliphatic imine (C=N–C) groups is 1. The van der Waals surface area contributed by atoms with Crippen molar-refractivity contribution in [1.82, 2.24) is 15.2 Å². The summed E-state index contributed by atoms with van der Waals surface area (Å²) in [4.78, 5) is 11.0. The standard InChI is InChI=1S/C15H24N4O/c1-12-5-4-6-14(18-12)9-17-15(16-2)19(3)10-13-7-8-20-11-13/h4-6,13H,7-11H2,1-3H3,(H,16,17). The van der Waals surface area contributed by atoms with Gasteiger partial charge in [0.15, 0.2) is 5.96 Å². The van der Waals surface area contributed by atoms with Crippen LogP contribution in [0, 0.1) is 12.8 Å². The van der Waals surface area contributed by atoms with E-state index in [1.807, 2.05) is 32.2 Å². The number of hydrogen-bond acceptors (Lipinski definition) is 3. The van der Waals surface area contributed by atoms with Crippen molar-refractivity contribution in [3.05, 3.63) is 29.6 Å². The van der Waals surface area contributed by atoms with Crippen molar-refractivity contribution in [3.8, 4) is 0 Å². The molecule has 1 aliphatic rings. The first kappa shape index (κ1) is 14.8. The van der Waals surface area contributed by atoms with Crippen LogP contribution in [0.1, 0.15) is 17.8 Å². The maximum atomic E-state index is 5.42. The number of pyridine rings is 1. The predicted molar refractivity (Wildman–Crippen MR) is 80.7 cm³/mol. The number of aromatic nitrogens is 1. The Kier molecular flexibility index (Phi) is 5.35. The molecule has 1 fully saturated rings. The number of aryl methyl sites for hydroxylation is 1. The van der Waals surface area contributed by atoms with Crippen LogP contribution in [0.4, 0.5) is 0 Å². The summed E-state index contributed by atoms with van der Waals surface area (Å²) in [5, 5.41) is 3.36. The van der Waals surface area contributed by atoms with Crippen molar-refractivity contribution in [2.45, 2.75) is 19.9 Å². The molecule has 5 heteroatoms. The fourth-order valence-electron chi connectivity index (χ4n) is 2.45. The number of nitrogens with zero attached hydrogens (tertiary/aromatic N) is 3. The molecule has 2 heterocycles. The first-order valence-electron chi connectivity index (χ1n) is 7.11. The molecule has 110 valence electrons. The van der Waals surface area contributed by atoms with Gasteiger partial charge in [-0.3, -0.25) is 9.98 Å². The smallest absolute Gasteiger partial charge is 0.193 e. The van der Waals surface area contributed by atoms with Gasteiger partial charge < -0.3 is 15.0 Å². The van der Waals surface area contributed by atoms with Crippen molar-refractivity contribution in [1.29, 1.82) is 0 Å². The summed E-state index contributed by atoms with van der Waals surface area (Å²) >= 11 is 0. The van der Waals surface area contributed by atoms with Gasteiger partial charge in [-0.2, -0.15) is 0 Å². The Hall–Kier alpha value is -1.62. The number of hydrogen-bond donors (Lipinski definition) is 1. The highest BCUT2D eigenvalue weighted by atomic mass is 16.5. The van der Waals surface area contributed by atoms with Crippen LogP contribution in [0.3, 0.4) is 0 Å². The molecule has 1 aliphatic heterocycles. The molecule has 1 saturated heterocycles. The van der Waals surface area contributed by atoms with Gasteiger partial charge in [0.1, 0.15) is 0 Å². The van der Waals surface area contributed by atoms with E-state index in [0.717, 1.165) is 43.5 Å². The largest absolute Gasteiger partial charge is 0.381 e. The van der Waals surface area contributed by atoms with Gasteiger partial charge in [-0.15, -0.1) is 0 Å². The zero-order valence-corrected chi connectivity index (χ0v) is 12.6. The molecule has 1 N–H and O–H groups in total. The maximum absolute atomic E-state index is 5.42. The second-order valence-corrected chi connectivity index (χ2v) is 5.28. The number of rotatable bonds is 4. The van der Waals surface area contributed by atoms with E-state index in [1.54, 1.807) is 0 Å². The Labute approximate surface area is 121 Å². The molecule has 1 atom stereocenters. The van der Waals surface area contributed by atoms with E-state index in [4.69, 9.17) is 4.74 Å². The van der Waals surface area contributed by atoms with Crippen molar-refractivity contribution in [2.75, 3.05) is 33.9 Å². The fraction of sp³-hybridized carbons (Fsp3) is 0.600. The lowest BCUT2D eigenvalue weighted by molar-refractivity contribution is 0.181. The minimum atomic E-state index is 0.607. The number of guanidine groups is 1.